The smallest absolute Gasteiger partial charge is 0.306 e. The quantitative estimate of drug-likeness (QED) is 0.366. The second kappa shape index (κ2) is 13.8. The molecule has 0 bridgehead atoms. The Kier molecular flexibility index (Phi) is 12.2. The number of nitrogens with two attached hydrogens (primary N) is 1. The van der Waals surface area contributed by atoms with E-state index in [9.17, 15) is 15.0 Å². The minimum Gasteiger partial charge on any atom is -0.492 e. The first-order valence-corrected chi connectivity index (χ1v) is 10.4. The molecule has 0 aromatic heterocycles. The van der Waals surface area contributed by atoms with Crippen molar-refractivity contribution in [3.8, 4) is 5.75 Å². The van der Waals surface area contributed by atoms with Crippen LogP contribution in [0.4, 0.5) is 0 Å². The van der Waals surface area contributed by atoms with E-state index in [4.69, 9.17) is 31.5 Å². The van der Waals surface area contributed by atoms with Gasteiger partial charge in [0.2, 0.25) is 0 Å². The fraction of sp³-hybridized carbons (Fsp3) is 0.667. The molecule has 0 spiro atoms. The van der Waals surface area contributed by atoms with Gasteiger partial charge in [-0.05, 0) is 37.0 Å². The van der Waals surface area contributed by atoms with E-state index in [1.165, 1.54) is 0 Å². The van der Waals surface area contributed by atoms with E-state index in [0.717, 1.165) is 12.0 Å². The average Bonchev–Trinajstić information content (AvgIpc) is 2.67. The summed E-state index contributed by atoms with van der Waals surface area (Å²) in [5.74, 6) is -1.08. The largest absolute Gasteiger partial charge is 0.492 e. The van der Waals surface area contributed by atoms with Crippen LogP contribution in [0.3, 0.4) is 0 Å². The van der Waals surface area contributed by atoms with Crippen molar-refractivity contribution < 1.29 is 29.2 Å². The van der Waals surface area contributed by atoms with Gasteiger partial charge in [0.05, 0.1) is 42.9 Å². The molecule has 8 heteroatoms. The van der Waals surface area contributed by atoms with Crippen LogP contribution in [-0.4, -0.2) is 54.8 Å². The molecule has 3 unspecified atom stereocenters. The van der Waals surface area contributed by atoms with Gasteiger partial charge in [0.25, 0.3) is 0 Å². The number of ether oxygens (including phenoxy) is 3. The van der Waals surface area contributed by atoms with Gasteiger partial charge in [0.15, 0.2) is 0 Å². The predicted molar refractivity (Wildman–Crippen MR) is 112 cm³/mol. The number of carbonyl (C=O) groups is 1. The van der Waals surface area contributed by atoms with Gasteiger partial charge in [-0.25, -0.2) is 0 Å². The maximum absolute atomic E-state index is 11.3. The normalized spacial score (nSPS) is 14.6. The Morgan fingerprint density at radius 2 is 1.97 bits per heavy atom. The number of aliphatic hydroxyl groups is 1. The van der Waals surface area contributed by atoms with Crippen molar-refractivity contribution in [1.29, 1.82) is 0 Å². The number of rotatable bonds is 15. The number of hydrogen-bond donors (Lipinski definition) is 3. The summed E-state index contributed by atoms with van der Waals surface area (Å²) < 4.78 is 16.6. The molecule has 29 heavy (non-hydrogen) atoms. The summed E-state index contributed by atoms with van der Waals surface area (Å²) in [5, 5.41) is 20.0. The average molecular weight is 432 g/mol. The van der Waals surface area contributed by atoms with Gasteiger partial charge in [-0.15, -0.1) is 0 Å². The fourth-order valence-corrected chi connectivity index (χ4v) is 2.92. The molecule has 1 aromatic rings. The first kappa shape index (κ1) is 25.7. The molecule has 3 atom stereocenters. The van der Waals surface area contributed by atoms with Crippen molar-refractivity contribution >= 4 is 17.6 Å². The van der Waals surface area contributed by atoms with E-state index >= 15 is 0 Å². The third kappa shape index (κ3) is 9.78. The molecule has 0 aliphatic heterocycles. The highest BCUT2D eigenvalue weighted by Gasteiger charge is 2.27. The lowest BCUT2D eigenvalue weighted by molar-refractivity contribution is -0.144. The van der Waals surface area contributed by atoms with Gasteiger partial charge in [0, 0.05) is 19.6 Å². The molecule has 0 aliphatic carbocycles. The highest BCUT2D eigenvalue weighted by Crippen LogP contribution is 2.26. The second-order valence-corrected chi connectivity index (χ2v) is 7.74. The molecular formula is C21H34ClNO6. The molecule has 0 saturated heterocycles. The van der Waals surface area contributed by atoms with E-state index in [0.29, 0.717) is 30.6 Å². The Labute approximate surface area is 178 Å². The lowest BCUT2D eigenvalue weighted by Gasteiger charge is -2.24. The number of halogens is 1. The highest BCUT2D eigenvalue weighted by molar-refractivity contribution is 6.32. The summed E-state index contributed by atoms with van der Waals surface area (Å²) >= 11 is 6.16. The molecule has 7 nitrogen and oxygen atoms in total. The SMILES string of the molecule is CCOCCCOc1cc(COCC(N)C(O)CC(C(=O)O)C(C)C)ccc1Cl. The highest BCUT2D eigenvalue weighted by atomic mass is 35.5. The van der Waals surface area contributed by atoms with Crippen molar-refractivity contribution in [2.24, 2.45) is 17.6 Å². The van der Waals surface area contributed by atoms with Crippen LogP contribution in [0.15, 0.2) is 18.2 Å². The predicted octanol–water partition coefficient (Wildman–Crippen LogP) is 3.10. The van der Waals surface area contributed by atoms with E-state index in [2.05, 4.69) is 0 Å². The minimum absolute atomic E-state index is 0.0868. The van der Waals surface area contributed by atoms with Gasteiger partial charge in [-0.3, -0.25) is 4.79 Å². The molecule has 1 rings (SSSR count). The third-order valence-corrected chi connectivity index (χ3v) is 4.89. The van der Waals surface area contributed by atoms with Crippen LogP contribution in [0.2, 0.25) is 5.02 Å². The summed E-state index contributed by atoms with van der Waals surface area (Å²) in [6, 6.07) is 4.71. The standard InChI is InChI=1S/C21H34ClNO6/c1-4-27-8-5-9-29-20-10-15(6-7-17(20)22)12-28-13-18(23)19(24)11-16(14(2)3)21(25)26/h6-7,10,14,16,18-19,24H,4-5,8-9,11-13,23H2,1-3H3,(H,25,26). The molecule has 1 aromatic carbocycles. The number of carboxylic acids is 1. The van der Waals surface area contributed by atoms with Crippen molar-refractivity contribution in [3.05, 3.63) is 28.8 Å². The number of benzene rings is 1. The first-order chi connectivity index (χ1) is 13.8. The Bertz CT molecular complexity index is 613. The monoisotopic (exact) mass is 431 g/mol. The van der Waals surface area contributed by atoms with Gasteiger partial charge in [-0.1, -0.05) is 31.5 Å². The van der Waals surface area contributed by atoms with Gasteiger partial charge in [0.1, 0.15) is 5.75 Å². The third-order valence-electron chi connectivity index (χ3n) is 4.58. The van der Waals surface area contributed by atoms with Crippen molar-refractivity contribution in [1.82, 2.24) is 0 Å². The van der Waals surface area contributed by atoms with Gasteiger partial charge >= 0.3 is 5.97 Å². The second-order valence-electron chi connectivity index (χ2n) is 7.33. The summed E-state index contributed by atoms with van der Waals surface area (Å²) in [6.07, 6.45) is -0.0863. The van der Waals surface area contributed by atoms with Crippen LogP contribution < -0.4 is 10.5 Å². The van der Waals surface area contributed by atoms with Crippen molar-refractivity contribution in [2.75, 3.05) is 26.4 Å². The van der Waals surface area contributed by atoms with Crippen LogP contribution in [0, 0.1) is 11.8 Å². The molecule has 166 valence electrons. The van der Waals surface area contributed by atoms with Crippen LogP contribution in [0.25, 0.3) is 0 Å². The number of hydrogen-bond acceptors (Lipinski definition) is 6. The van der Waals surface area contributed by atoms with E-state index in [-0.39, 0.29) is 25.6 Å². The number of carboxylic acid groups (broad SMARTS) is 1. The van der Waals surface area contributed by atoms with Crippen LogP contribution >= 0.6 is 11.6 Å². The Morgan fingerprint density at radius 3 is 2.59 bits per heavy atom. The van der Waals surface area contributed by atoms with Crippen LogP contribution in [-0.2, 0) is 20.9 Å². The zero-order valence-corrected chi connectivity index (χ0v) is 18.2. The Hall–Kier alpha value is -1.38. The zero-order chi connectivity index (χ0) is 21.8. The molecule has 0 saturated carbocycles. The maximum Gasteiger partial charge on any atom is 0.306 e. The summed E-state index contributed by atoms with van der Waals surface area (Å²) in [7, 11) is 0. The lowest BCUT2D eigenvalue weighted by Crippen LogP contribution is -2.41. The minimum atomic E-state index is -0.951. The van der Waals surface area contributed by atoms with E-state index in [1.807, 2.05) is 32.9 Å². The molecule has 0 aliphatic rings. The van der Waals surface area contributed by atoms with Crippen molar-refractivity contribution in [2.45, 2.75) is 52.4 Å². The Balaban J connectivity index is 2.46. The number of aliphatic hydroxyl groups excluding tert-OH is 1. The lowest BCUT2D eigenvalue weighted by atomic mass is 9.88. The summed E-state index contributed by atoms with van der Waals surface area (Å²) in [4.78, 5) is 11.3. The molecule has 0 heterocycles. The van der Waals surface area contributed by atoms with Gasteiger partial charge in [-0.2, -0.15) is 0 Å². The van der Waals surface area contributed by atoms with E-state index < -0.39 is 24.0 Å². The molecule has 0 fully saturated rings. The van der Waals surface area contributed by atoms with E-state index in [1.54, 1.807) is 6.07 Å². The Morgan fingerprint density at radius 1 is 1.24 bits per heavy atom. The van der Waals surface area contributed by atoms with Gasteiger partial charge < -0.3 is 30.2 Å². The van der Waals surface area contributed by atoms with Crippen LogP contribution in [0.5, 0.6) is 5.75 Å². The first-order valence-electron chi connectivity index (χ1n) is 9.99. The summed E-state index contributed by atoms with van der Waals surface area (Å²) in [5.41, 5.74) is 6.83. The topological polar surface area (TPSA) is 111 Å². The molecule has 0 radical (unpaired) electrons. The van der Waals surface area contributed by atoms with Crippen LogP contribution in [0.1, 0.15) is 39.2 Å². The fourth-order valence-electron chi connectivity index (χ4n) is 2.75. The molecule has 4 N–H and O–H groups in total. The molecular weight excluding hydrogens is 398 g/mol. The summed E-state index contributed by atoms with van der Waals surface area (Å²) in [6.45, 7) is 7.77. The zero-order valence-electron chi connectivity index (χ0n) is 17.5. The number of aliphatic carboxylic acids is 1. The maximum atomic E-state index is 11.3. The molecule has 0 amide bonds. The van der Waals surface area contributed by atoms with Crippen molar-refractivity contribution in [3.63, 3.8) is 0 Å².